The Morgan fingerprint density at radius 2 is 1.24 bits per heavy atom. The number of hydrogen-bond acceptors (Lipinski definition) is 3. The summed E-state index contributed by atoms with van der Waals surface area (Å²) in [6.45, 7) is 12.4. The molecule has 5 heteroatoms. The van der Waals surface area contributed by atoms with Crippen molar-refractivity contribution in [1.29, 1.82) is 0 Å². The third-order valence-electron chi connectivity index (χ3n) is 5.27. The smallest absolute Gasteiger partial charge is 0.400 e. The lowest BCUT2D eigenvalue weighted by Gasteiger charge is -2.20. The second-order valence-electron chi connectivity index (χ2n) is 7.52. The van der Waals surface area contributed by atoms with E-state index in [1.54, 1.807) is 0 Å². The minimum atomic E-state index is -4.09. The Balaban J connectivity index is 2.13. The highest BCUT2D eigenvalue weighted by molar-refractivity contribution is 7.47. The van der Waals surface area contributed by atoms with E-state index in [1.807, 2.05) is 13.8 Å². The third kappa shape index (κ3) is 3.37. The van der Waals surface area contributed by atoms with Crippen LogP contribution in [0.3, 0.4) is 0 Å². The van der Waals surface area contributed by atoms with E-state index in [2.05, 4.69) is 27.7 Å². The third-order valence-corrected chi connectivity index (χ3v) is 6.17. The van der Waals surface area contributed by atoms with Gasteiger partial charge in [-0.3, -0.25) is 4.89 Å². The Labute approximate surface area is 127 Å². The van der Waals surface area contributed by atoms with Gasteiger partial charge in [-0.25, -0.2) is 4.57 Å². The molecule has 2 aliphatic rings. The zero-order valence-electron chi connectivity index (χ0n) is 13.9. The molecule has 0 fully saturated rings. The second kappa shape index (κ2) is 5.17. The van der Waals surface area contributed by atoms with Crippen molar-refractivity contribution in [3.05, 3.63) is 22.7 Å². The van der Waals surface area contributed by atoms with Crippen molar-refractivity contribution in [1.82, 2.24) is 0 Å². The average molecular weight is 314 g/mol. The minimum Gasteiger partial charge on any atom is -0.400 e. The topological polar surface area (TPSA) is 55.8 Å². The van der Waals surface area contributed by atoms with Crippen LogP contribution in [0.1, 0.15) is 67.2 Å². The van der Waals surface area contributed by atoms with Gasteiger partial charge in [-0.05, 0) is 48.7 Å². The second-order valence-corrected chi connectivity index (χ2v) is 8.82. The van der Waals surface area contributed by atoms with Crippen LogP contribution in [0, 0.1) is 10.8 Å². The molecular weight excluding hydrogens is 287 g/mol. The van der Waals surface area contributed by atoms with Crippen LogP contribution >= 0.6 is 7.82 Å². The van der Waals surface area contributed by atoms with Gasteiger partial charge in [-0.2, -0.15) is 0 Å². The first-order valence-corrected chi connectivity index (χ1v) is 9.07. The van der Waals surface area contributed by atoms with Gasteiger partial charge in [-0.1, -0.05) is 27.7 Å². The molecule has 0 bridgehead atoms. The lowest BCUT2D eigenvalue weighted by atomic mass is 9.87. The molecule has 0 aromatic carbocycles. The Kier molecular flexibility index (Phi) is 4.10. The first-order valence-electron chi connectivity index (χ1n) is 7.57. The number of hydrogen-bond donors (Lipinski definition) is 1. The summed E-state index contributed by atoms with van der Waals surface area (Å²) in [5.41, 5.74) is 2.13. The molecule has 0 amide bonds. The summed E-state index contributed by atoms with van der Waals surface area (Å²) in [5, 5.41) is 0. The summed E-state index contributed by atoms with van der Waals surface area (Å²) in [6.07, 6.45) is 3.25. The fourth-order valence-electron chi connectivity index (χ4n) is 2.88. The SMILES string of the molecule is CC1=C(OP(=O)(O)OC2=C(C)C(C)(C)CC2)CCC1(C)C. The van der Waals surface area contributed by atoms with Gasteiger partial charge in [0.25, 0.3) is 0 Å². The molecular formula is C16H27O4P. The molecule has 0 saturated heterocycles. The van der Waals surface area contributed by atoms with Crippen LogP contribution in [-0.2, 0) is 13.6 Å². The van der Waals surface area contributed by atoms with Crippen LogP contribution in [0.15, 0.2) is 22.7 Å². The average Bonchev–Trinajstić information content (AvgIpc) is 2.73. The number of allylic oxidation sites excluding steroid dienone is 4. The van der Waals surface area contributed by atoms with Crippen molar-refractivity contribution in [3.8, 4) is 0 Å². The van der Waals surface area contributed by atoms with Gasteiger partial charge in [0.05, 0.1) is 0 Å². The molecule has 0 saturated carbocycles. The first kappa shape index (κ1) is 16.6. The normalized spacial score (nSPS) is 24.7. The van der Waals surface area contributed by atoms with Gasteiger partial charge in [0, 0.05) is 12.8 Å². The molecule has 21 heavy (non-hydrogen) atoms. The molecule has 120 valence electrons. The quantitative estimate of drug-likeness (QED) is 0.715. The molecule has 2 aliphatic carbocycles. The maximum Gasteiger partial charge on any atom is 0.584 e. The fraction of sp³-hybridized carbons (Fsp3) is 0.750. The molecule has 0 aromatic rings. The highest BCUT2D eigenvalue weighted by Gasteiger charge is 2.38. The number of phosphoric acid groups is 1. The predicted octanol–water partition coefficient (Wildman–Crippen LogP) is 5.31. The molecule has 4 nitrogen and oxygen atoms in total. The molecule has 0 spiro atoms. The lowest BCUT2D eigenvalue weighted by molar-refractivity contribution is 0.208. The van der Waals surface area contributed by atoms with E-state index in [0.29, 0.717) is 24.4 Å². The van der Waals surface area contributed by atoms with E-state index in [0.717, 1.165) is 24.0 Å². The van der Waals surface area contributed by atoms with E-state index in [9.17, 15) is 9.46 Å². The monoisotopic (exact) mass is 314 g/mol. The summed E-state index contributed by atoms with van der Waals surface area (Å²) in [7, 11) is -4.09. The Bertz CT molecular complexity index is 509. The molecule has 0 radical (unpaired) electrons. The van der Waals surface area contributed by atoms with Crippen LogP contribution in [0.25, 0.3) is 0 Å². The van der Waals surface area contributed by atoms with Gasteiger partial charge < -0.3 is 9.05 Å². The molecule has 1 N–H and O–H groups in total. The van der Waals surface area contributed by atoms with Crippen molar-refractivity contribution in [3.63, 3.8) is 0 Å². The first-order chi connectivity index (χ1) is 9.45. The van der Waals surface area contributed by atoms with Crippen LogP contribution in [0.4, 0.5) is 0 Å². The van der Waals surface area contributed by atoms with Crippen molar-refractivity contribution < 1.29 is 18.5 Å². The molecule has 2 rings (SSSR count). The summed E-state index contributed by atoms with van der Waals surface area (Å²) >= 11 is 0. The molecule has 0 heterocycles. The summed E-state index contributed by atoms with van der Waals surface area (Å²) in [6, 6.07) is 0. The fourth-order valence-corrected chi connectivity index (χ4v) is 3.93. The van der Waals surface area contributed by atoms with Crippen molar-refractivity contribution in [2.45, 2.75) is 67.2 Å². The van der Waals surface area contributed by atoms with Crippen LogP contribution in [-0.4, -0.2) is 4.89 Å². The van der Waals surface area contributed by atoms with E-state index < -0.39 is 7.82 Å². The minimum absolute atomic E-state index is 0.0276. The van der Waals surface area contributed by atoms with Crippen LogP contribution < -0.4 is 0 Å². The molecule has 0 aromatic heterocycles. The Morgan fingerprint density at radius 3 is 1.48 bits per heavy atom. The van der Waals surface area contributed by atoms with E-state index >= 15 is 0 Å². The van der Waals surface area contributed by atoms with Crippen molar-refractivity contribution >= 4 is 7.82 Å². The Hall–Kier alpha value is -0.730. The molecule has 0 aliphatic heterocycles. The van der Waals surface area contributed by atoms with Crippen molar-refractivity contribution in [2.24, 2.45) is 10.8 Å². The Morgan fingerprint density at radius 1 is 0.905 bits per heavy atom. The highest BCUT2D eigenvalue weighted by Crippen LogP contribution is 2.56. The number of rotatable bonds is 4. The standard InChI is InChI=1S/C16H27O4P/c1-11-13(7-9-15(11,3)4)19-21(17,18)20-14-8-10-16(5,6)12(14)2/h7-10H2,1-6H3,(H,17,18). The predicted molar refractivity (Wildman–Crippen MR) is 83.4 cm³/mol. The largest absolute Gasteiger partial charge is 0.584 e. The van der Waals surface area contributed by atoms with E-state index in [-0.39, 0.29) is 10.8 Å². The maximum absolute atomic E-state index is 12.3. The zero-order chi connectivity index (χ0) is 16.1. The maximum atomic E-state index is 12.3. The summed E-state index contributed by atoms with van der Waals surface area (Å²) < 4.78 is 23.0. The van der Waals surface area contributed by atoms with Crippen molar-refractivity contribution in [2.75, 3.05) is 0 Å². The van der Waals surface area contributed by atoms with Gasteiger partial charge in [0.1, 0.15) is 11.5 Å². The zero-order valence-corrected chi connectivity index (χ0v) is 14.8. The van der Waals surface area contributed by atoms with Gasteiger partial charge in [0.2, 0.25) is 0 Å². The number of phosphoric ester groups is 1. The van der Waals surface area contributed by atoms with Gasteiger partial charge >= 0.3 is 7.82 Å². The van der Waals surface area contributed by atoms with Gasteiger partial charge in [0.15, 0.2) is 0 Å². The lowest BCUT2D eigenvalue weighted by Crippen LogP contribution is -2.07. The highest BCUT2D eigenvalue weighted by atomic mass is 31.2. The van der Waals surface area contributed by atoms with Gasteiger partial charge in [-0.15, -0.1) is 0 Å². The van der Waals surface area contributed by atoms with Crippen LogP contribution in [0.2, 0.25) is 0 Å². The molecule has 0 atom stereocenters. The summed E-state index contributed by atoms with van der Waals surface area (Å²) in [4.78, 5) is 10.1. The summed E-state index contributed by atoms with van der Waals surface area (Å²) in [5.74, 6) is 1.22. The van der Waals surface area contributed by atoms with E-state index in [1.165, 1.54) is 0 Å². The molecule has 0 unspecified atom stereocenters. The van der Waals surface area contributed by atoms with Crippen LogP contribution in [0.5, 0.6) is 0 Å². The van der Waals surface area contributed by atoms with E-state index in [4.69, 9.17) is 9.05 Å².